The highest BCUT2D eigenvalue weighted by atomic mass is 79.9. The molecule has 0 radical (unpaired) electrons. The Morgan fingerprint density at radius 3 is 2.70 bits per heavy atom. The van der Waals surface area contributed by atoms with Crippen LogP contribution >= 0.6 is 15.9 Å². The molecule has 5 heteroatoms. The third-order valence-electron chi connectivity index (χ3n) is 3.80. The van der Waals surface area contributed by atoms with Crippen molar-refractivity contribution in [3.05, 3.63) is 34.3 Å². The van der Waals surface area contributed by atoms with E-state index in [0.29, 0.717) is 19.7 Å². The van der Waals surface area contributed by atoms with E-state index in [0.717, 1.165) is 23.0 Å². The zero-order valence-corrected chi connectivity index (χ0v) is 13.6. The van der Waals surface area contributed by atoms with Crippen molar-refractivity contribution < 1.29 is 9.53 Å². The smallest absolute Gasteiger partial charge is 0.232 e. The van der Waals surface area contributed by atoms with E-state index in [9.17, 15) is 4.79 Å². The monoisotopic (exact) mass is 340 g/mol. The third-order valence-corrected chi connectivity index (χ3v) is 4.33. The van der Waals surface area contributed by atoms with Gasteiger partial charge in [-0.05, 0) is 30.7 Å². The molecule has 1 amide bonds. The lowest BCUT2D eigenvalue weighted by atomic mass is 9.86. The van der Waals surface area contributed by atoms with Crippen LogP contribution in [0.15, 0.2) is 28.7 Å². The number of benzene rings is 1. The first kappa shape index (κ1) is 15.5. The summed E-state index contributed by atoms with van der Waals surface area (Å²) in [6.45, 7) is 2.67. The predicted molar refractivity (Wildman–Crippen MR) is 82.4 cm³/mol. The van der Waals surface area contributed by atoms with Crippen molar-refractivity contribution in [1.29, 1.82) is 0 Å². The van der Waals surface area contributed by atoms with Gasteiger partial charge in [-0.15, -0.1) is 0 Å². The van der Waals surface area contributed by atoms with E-state index in [-0.39, 0.29) is 5.91 Å². The molecule has 0 spiro atoms. The summed E-state index contributed by atoms with van der Waals surface area (Å²) in [5.74, 6) is 0.160. The second-order valence-electron chi connectivity index (χ2n) is 5.43. The van der Waals surface area contributed by atoms with Crippen molar-refractivity contribution in [3.63, 3.8) is 0 Å². The van der Waals surface area contributed by atoms with Gasteiger partial charge >= 0.3 is 0 Å². The van der Waals surface area contributed by atoms with Gasteiger partial charge in [-0.1, -0.05) is 28.1 Å². The van der Waals surface area contributed by atoms with Crippen LogP contribution in [0.5, 0.6) is 0 Å². The number of methoxy groups -OCH3 is 1. The number of ether oxygens (including phenoxy) is 1. The molecule has 1 fully saturated rings. The molecule has 0 aromatic heterocycles. The highest BCUT2D eigenvalue weighted by Crippen LogP contribution is 2.28. The molecule has 0 aliphatic carbocycles. The van der Waals surface area contributed by atoms with Crippen molar-refractivity contribution in [3.8, 4) is 0 Å². The van der Waals surface area contributed by atoms with Crippen LogP contribution in [0.25, 0.3) is 0 Å². The summed E-state index contributed by atoms with van der Waals surface area (Å²) >= 11 is 3.42. The number of amides is 1. The number of hydrogen-bond acceptors (Lipinski definition) is 3. The van der Waals surface area contributed by atoms with Gasteiger partial charge in [-0.25, -0.2) is 0 Å². The van der Waals surface area contributed by atoms with E-state index >= 15 is 0 Å². The van der Waals surface area contributed by atoms with E-state index in [1.165, 1.54) is 0 Å². The standard InChI is InChI=1S/C15H21BrN2O2/c1-18(9-12-3-5-13(16)6-4-12)14(19)15(11-20-2)7-8-17-10-15/h3-6,17H,7-11H2,1-2H3. The van der Waals surface area contributed by atoms with Crippen molar-refractivity contribution in [2.24, 2.45) is 5.41 Å². The van der Waals surface area contributed by atoms with Crippen LogP contribution in [0.1, 0.15) is 12.0 Å². The first-order valence-electron chi connectivity index (χ1n) is 6.77. The van der Waals surface area contributed by atoms with Crippen LogP contribution in [0.3, 0.4) is 0 Å². The predicted octanol–water partition coefficient (Wildman–Crippen LogP) is 2.03. The molecule has 1 aromatic rings. The molecule has 2 rings (SSSR count). The Labute approximate surface area is 128 Å². The van der Waals surface area contributed by atoms with Crippen LogP contribution in [0.2, 0.25) is 0 Å². The minimum absolute atomic E-state index is 0.160. The zero-order valence-electron chi connectivity index (χ0n) is 12.0. The van der Waals surface area contributed by atoms with E-state index in [2.05, 4.69) is 21.2 Å². The zero-order chi connectivity index (χ0) is 14.6. The average molecular weight is 341 g/mol. The van der Waals surface area contributed by atoms with Gasteiger partial charge in [0.1, 0.15) is 0 Å². The molecule has 1 aliphatic rings. The fraction of sp³-hybridized carbons (Fsp3) is 0.533. The molecule has 1 unspecified atom stereocenters. The summed E-state index contributed by atoms with van der Waals surface area (Å²) in [6.07, 6.45) is 0.838. The molecule has 0 saturated carbocycles. The Bertz CT molecular complexity index is 455. The van der Waals surface area contributed by atoms with Crippen molar-refractivity contribution >= 4 is 21.8 Å². The molecule has 1 saturated heterocycles. The number of nitrogens with zero attached hydrogens (tertiary/aromatic N) is 1. The molecule has 20 heavy (non-hydrogen) atoms. The molecule has 1 aromatic carbocycles. The normalized spacial score (nSPS) is 21.9. The van der Waals surface area contributed by atoms with Gasteiger partial charge in [0.05, 0.1) is 12.0 Å². The lowest BCUT2D eigenvalue weighted by Crippen LogP contribution is -2.46. The summed E-state index contributed by atoms with van der Waals surface area (Å²) in [4.78, 5) is 14.5. The fourth-order valence-electron chi connectivity index (χ4n) is 2.73. The van der Waals surface area contributed by atoms with E-state index in [1.807, 2.05) is 31.3 Å². The number of carbonyl (C=O) groups excluding carboxylic acids is 1. The van der Waals surface area contributed by atoms with Crippen LogP contribution in [0, 0.1) is 5.41 Å². The van der Waals surface area contributed by atoms with E-state index in [1.54, 1.807) is 12.0 Å². The number of rotatable bonds is 5. The van der Waals surface area contributed by atoms with Crippen LogP contribution < -0.4 is 5.32 Å². The Morgan fingerprint density at radius 2 is 2.15 bits per heavy atom. The lowest BCUT2D eigenvalue weighted by Gasteiger charge is -2.31. The fourth-order valence-corrected chi connectivity index (χ4v) is 2.99. The van der Waals surface area contributed by atoms with Crippen LogP contribution in [0.4, 0.5) is 0 Å². The Kier molecular flexibility index (Phi) is 5.18. The summed E-state index contributed by atoms with van der Waals surface area (Å²) in [5.41, 5.74) is 0.723. The number of nitrogens with one attached hydrogen (secondary N) is 1. The second kappa shape index (κ2) is 6.70. The third kappa shape index (κ3) is 3.40. The quantitative estimate of drug-likeness (QED) is 0.891. The molecular weight excluding hydrogens is 320 g/mol. The first-order chi connectivity index (χ1) is 9.57. The number of halogens is 1. The second-order valence-corrected chi connectivity index (χ2v) is 6.34. The maximum Gasteiger partial charge on any atom is 0.232 e. The molecule has 1 atom stereocenters. The molecular formula is C15H21BrN2O2. The average Bonchev–Trinajstić information content (AvgIpc) is 2.90. The van der Waals surface area contributed by atoms with Gasteiger partial charge in [0.15, 0.2) is 0 Å². The van der Waals surface area contributed by atoms with Crippen molar-refractivity contribution in [2.45, 2.75) is 13.0 Å². The Hall–Kier alpha value is -0.910. The summed E-state index contributed by atoms with van der Waals surface area (Å²) < 4.78 is 6.32. The van der Waals surface area contributed by atoms with Gasteiger partial charge < -0.3 is 15.0 Å². The topological polar surface area (TPSA) is 41.6 Å². The van der Waals surface area contributed by atoms with Gasteiger partial charge in [0.25, 0.3) is 0 Å². The van der Waals surface area contributed by atoms with E-state index < -0.39 is 5.41 Å². The number of hydrogen-bond donors (Lipinski definition) is 1. The molecule has 1 N–H and O–H groups in total. The highest BCUT2D eigenvalue weighted by molar-refractivity contribution is 9.10. The summed E-state index contributed by atoms with van der Waals surface area (Å²) in [5, 5.41) is 3.27. The van der Waals surface area contributed by atoms with Crippen LogP contribution in [-0.4, -0.2) is 44.7 Å². The van der Waals surface area contributed by atoms with E-state index in [4.69, 9.17) is 4.74 Å². The maximum absolute atomic E-state index is 12.7. The molecule has 110 valence electrons. The minimum Gasteiger partial charge on any atom is -0.384 e. The van der Waals surface area contributed by atoms with Crippen molar-refractivity contribution in [1.82, 2.24) is 10.2 Å². The van der Waals surface area contributed by atoms with Crippen LogP contribution in [-0.2, 0) is 16.1 Å². The molecule has 1 heterocycles. The first-order valence-corrected chi connectivity index (χ1v) is 7.56. The molecule has 4 nitrogen and oxygen atoms in total. The minimum atomic E-state index is -0.404. The highest BCUT2D eigenvalue weighted by Gasteiger charge is 2.42. The lowest BCUT2D eigenvalue weighted by molar-refractivity contribution is -0.143. The maximum atomic E-state index is 12.7. The Balaban J connectivity index is 2.05. The number of carbonyl (C=O) groups is 1. The largest absolute Gasteiger partial charge is 0.384 e. The van der Waals surface area contributed by atoms with Gasteiger partial charge in [0.2, 0.25) is 5.91 Å². The Morgan fingerprint density at radius 1 is 1.45 bits per heavy atom. The van der Waals surface area contributed by atoms with Crippen molar-refractivity contribution in [2.75, 3.05) is 33.9 Å². The molecule has 1 aliphatic heterocycles. The summed E-state index contributed by atoms with van der Waals surface area (Å²) in [7, 11) is 3.52. The van der Waals surface area contributed by atoms with Gasteiger partial charge in [-0.2, -0.15) is 0 Å². The van der Waals surface area contributed by atoms with Gasteiger partial charge in [0, 0.05) is 31.7 Å². The molecule has 0 bridgehead atoms. The summed E-state index contributed by atoms with van der Waals surface area (Å²) in [6, 6.07) is 8.05. The van der Waals surface area contributed by atoms with Gasteiger partial charge in [-0.3, -0.25) is 4.79 Å². The SMILES string of the molecule is COCC1(C(=O)N(C)Cc2ccc(Br)cc2)CCNC1.